The van der Waals surface area contributed by atoms with Crippen LogP contribution < -0.4 is 4.90 Å². The van der Waals surface area contributed by atoms with Crippen molar-refractivity contribution in [3.63, 3.8) is 0 Å². The van der Waals surface area contributed by atoms with Crippen molar-refractivity contribution in [3.05, 3.63) is 24.3 Å². The third-order valence-electron chi connectivity index (χ3n) is 3.43. The molecule has 0 spiro atoms. The molecule has 0 bridgehead atoms. The van der Waals surface area contributed by atoms with Crippen LogP contribution in [0.3, 0.4) is 0 Å². The molecule has 0 fully saturated rings. The summed E-state index contributed by atoms with van der Waals surface area (Å²) in [5, 5.41) is 12.8. The maximum Gasteiger partial charge on any atom is 0.244 e. The van der Waals surface area contributed by atoms with E-state index in [9.17, 15) is 0 Å². The van der Waals surface area contributed by atoms with Crippen molar-refractivity contribution in [1.29, 1.82) is 0 Å². The summed E-state index contributed by atoms with van der Waals surface area (Å²) in [4.78, 5) is 6.46. The third-order valence-corrected chi connectivity index (χ3v) is 3.43. The molecular weight excluding hydrogens is 268 g/mol. The van der Waals surface area contributed by atoms with Gasteiger partial charge in [0.1, 0.15) is 5.69 Å². The summed E-state index contributed by atoms with van der Waals surface area (Å²) in [6.07, 6.45) is 0. The number of aromatic nitrogens is 5. The first-order chi connectivity index (χ1) is 10.2. The molecule has 1 N–H and O–H groups in total. The highest BCUT2D eigenvalue weighted by atomic mass is 16.5. The molecule has 0 aliphatic rings. The number of aryl methyl sites for hydroxylation is 1. The Morgan fingerprint density at radius 2 is 2.14 bits per heavy atom. The molecule has 0 aliphatic heterocycles. The van der Waals surface area contributed by atoms with Gasteiger partial charge in [0.2, 0.25) is 5.95 Å². The Balaban J connectivity index is 1.95. The summed E-state index contributed by atoms with van der Waals surface area (Å²) in [6, 6.07) is 8.07. The van der Waals surface area contributed by atoms with Crippen LogP contribution in [-0.4, -0.2) is 52.3 Å². The molecule has 0 unspecified atom stereocenters. The van der Waals surface area contributed by atoms with Crippen LogP contribution in [0.5, 0.6) is 0 Å². The van der Waals surface area contributed by atoms with Crippen LogP contribution >= 0.6 is 0 Å². The number of H-pyrrole nitrogens is 1. The van der Waals surface area contributed by atoms with E-state index in [4.69, 9.17) is 4.74 Å². The predicted octanol–water partition coefficient (Wildman–Crippen LogP) is 1.44. The monoisotopic (exact) mass is 286 g/mol. The number of benzene rings is 1. The molecule has 0 amide bonds. The molecular formula is C14H18N6O. The van der Waals surface area contributed by atoms with E-state index in [0.29, 0.717) is 18.4 Å². The molecule has 3 rings (SSSR count). The summed E-state index contributed by atoms with van der Waals surface area (Å²) >= 11 is 0. The van der Waals surface area contributed by atoms with Crippen LogP contribution in [0.1, 0.15) is 0 Å². The van der Waals surface area contributed by atoms with Crippen LogP contribution in [0.2, 0.25) is 0 Å². The van der Waals surface area contributed by atoms with Crippen LogP contribution in [-0.2, 0) is 11.8 Å². The maximum atomic E-state index is 5.06. The van der Waals surface area contributed by atoms with Gasteiger partial charge in [0.15, 0.2) is 5.82 Å². The number of rotatable bonds is 5. The van der Waals surface area contributed by atoms with Gasteiger partial charge in [-0.3, -0.25) is 9.78 Å². The van der Waals surface area contributed by atoms with Crippen LogP contribution in [0.4, 0.5) is 5.95 Å². The molecule has 7 heteroatoms. The molecule has 0 saturated carbocycles. The Hall–Kier alpha value is -2.41. The van der Waals surface area contributed by atoms with Gasteiger partial charge >= 0.3 is 0 Å². The van der Waals surface area contributed by atoms with E-state index in [-0.39, 0.29) is 0 Å². The molecule has 0 radical (unpaired) electrons. The van der Waals surface area contributed by atoms with E-state index in [1.54, 1.807) is 7.11 Å². The van der Waals surface area contributed by atoms with Gasteiger partial charge in [-0.15, -0.1) is 5.10 Å². The zero-order valence-electron chi connectivity index (χ0n) is 12.4. The minimum absolute atomic E-state index is 0.632. The normalized spacial score (nSPS) is 11.2. The zero-order valence-corrected chi connectivity index (χ0v) is 12.4. The van der Waals surface area contributed by atoms with Crippen LogP contribution in [0, 0.1) is 0 Å². The molecule has 2 aromatic heterocycles. The fraction of sp³-hybridized carbons (Fsp3) is 0.357. The average molecular weight is 286 g/mol. The highest BCUT2D eigenvalue weighted by Crippen LogP contribution is 2.25. The largest absolute Gasteiger partial charge is 0.383 e. The van der Waals surface area contributed by atoms with E-state index in [0.717, 1.165) is 23.1 Å². The van der Waals surface area contributed by atoms with Gasteiger partial charge in [-0.1, -0.05) is 18.2 Å². The number of ether oxygens (including phenoxy) is 1. The molecule has 3 aromatic rings. The standard InChI is InChI=1S/C14H18N6O/c1-19(8-9-21-3)14-15-13(16-17-14)12-10-6-4-5-7-11(10)20(2)18-12/h4-7H,8-9H2,1-3H3,(H,15,16,17). The Bertz CT molecular complexity index is 747. The van der Waals surface area contributed by atoms with Crippen LogP contribution in [0.25, 0.3) is 22.4 Å². The van der Waals surface area contributed by atoms with E-state index in [1.165, 1.54) is 0 Å². The second-order valence-electron chi connectivity index (χ2n) is 4.89. The van der Waals surface area contributed by atoms with Crippen molar-refractivity contribution < 1.29 is 4.74 Å². The van der Waals surface area contributed by atoms with Crippen molar-refractivity contribution in [2.45, 2.75) is 0 Å². The second-order valence-corrected chi connectivity index (χ2v) is 4.89. The Morgan fingerprint density at radius 1 is 1.33 bits per heavy atom. The number of para-hydroxylation sites is 1. The van der Waals surface area contributed by atoms with E-state index in [1.807, 2.05) is 47.9 Å². The van der Waals surface area contributed by atoms with Crippen LogP contribution in [0.15, 0.2) is 24.3 Å². The SMILES string of the molecule is COCCN(C)c1n[nH]c(-c2nn(C)c3ccccc23)n1. The first-order valence-electron chi connectivity index (χ1n) is 6.75. The predicted molar refractivity (Wildman–Crippen MR) is 81.2 cm³/mol. The molecule has 21 heavy (non-hydrogen) atoms. The summed E-state index contributed by atoms with van der Waals surface area (Å²) in [7, 11) is 5.54. The summed E-state index contributed by atoms with van der Waals surface area (Å²) < 4.78 is 6.91. The zero-order chi connectivity index (χ0) is 14.8. The van der Waals surface area contributed by atoms with Gasteiger partial charge in [-0.05, 0) is 6.07 Å². The van der Waals surface area contributed by atoms with E-state index < -0.39 is 0 Å². The quantitative estimate of drug-likeness (QED) is 0.768. The maximum absolute atomic E-state index is 5.06. The lowest BCUT2D eigenvalue weighted by Crippen LogP contribution is -2.23. The lowest BCUT2D eigenvalue weighted by Gasteiger charge is -2.12. The minimum atomic E-state index is 0.632. The van der Waals surface area contributed by atoms with Gasteiger partial charge in [0.05, 0.1) is 12.1 Å². The fourth-order valence-corrected chi connectivity index (χ4v) is 2.25. The topological polar surface area (TPSA) is 71.9 Å². The van der Waals surface area contributed by atoms with Crippen molar-refractivity contribution in [2.24, 2.45) is 7.05 Å². The second kappa shape index (κ2) is 5.53. The number of methoxy groups -OCH3 is 1. The molecule has 1 aromatic carbocycles. The Morgan fingerprint density at radius 3 is 2.95 bits per heavy atom. The summed E-state index contributed by atoms with van der Waals surface area (Å²) in [5.74, 6) is 1.31. The number of fused-ring (bicyclic) bond motifs is 1. The van der Waals surface area contributed by atoms with Crippen molar-refractivity contribution in [1.82, 2.24) is 25.0 Å². The number of nitrogens with one attached hydrogen (secondary N) is 1. The summed E-state index contributed by atoms with van der Waals surface area (Å²) in [5.41, 5.74) is 1.88. The van der Waals surface area contributed by atoms with Crippen molar-refractivity contribution in [2.75, 3.05) is 32.2 Å². The van der Waals surface area contributed by atoms with Gasteiger partial charge in [-0.25, -0.2) is 0 Å². The Kier molecular flexibility index (Phi) is 3.57. The van der Waals surface area contributed by atoms with Crippen molar-refractivity contribution in [3.8, 4) is 11.5 Å². The van der Waals surface area contributed by atoms with Gasteiger partial charge < -0.3 is 9.64 Å². The van der Waals surface area contributed by atoms with Gasteiger partial charge in [0.25, 0.3) is 0 Å². The molecule has 2 heterocycles. The summed E-state index contributed by atoms with van der Waals surface area (Å²) in [6.45, 7) is 1.36. The number of likely N-dealkylation sites (N-methyl/N-ethyl adjacent to an activating group) is 1. The number of hydrogen-bond acceptors (Lipinski definition) is 5. The third kappa shape index (κ3) is 2.47. The molecule has 110 valence electrons. The molecule has 0 aliphatic carbocycles. The Labute approximate surface area is 122 Å². The highest BCUT2D eigenvalue weighted by molar-refractivity contribution is 5.91. The van der Waals surface area contributed by atoms with Crippen molar-refractivity contribution >= 4 is 16.9 Å². The fourth-order valence-electron chi connectivity index (χ4n) is 2.25. The number of anilines is 1. The van der Waals surface area contributed by atoms with Gasteiger partial charge in [-0.2, -0.15) is 10.1 Å². The minimum Gasteiger partial charge on any atom is -0.383 e. The number of nitrogens with zero attached hydrogens (tertiary/aromatic N) is 5. The smallest absolute Gasteiger partial charge is 0.244 e. The molecule has 0 atom stereocenters. The molecule has 0 saturated heterocycles. The first-order valence-corrected chi connectivity index (χ1v) is 6.75. The van der Waals surface area contributed by atoms with E-state index in [2.05, 4.69) is 20.3 Å². The molecule has 7 nitrogen and oxygen atoms in total. The van der Waals surface area contributed by atoms with E-state index >= 15 is 0 Å². The lowest BCUT2D eigenvalue weighted by molar-refractivity contribution is 0.206. The lowest BCUT2D eigenvalue weighted by atomic mass is 10.2. The first kappa shape index (κ1) is 13.6. The number of aromatic amines is 1. The highest BCUT2D eigenvalue weighted by Gasteiger charge is 2.15. The average Bonchev–Trinajstić information content (AvgIpc) is 3.10. The van der Waals surface area contributed by atoms with Gasteiger partial charge in [0, 0.05) is 33.1 Å². The number of hydrogen-bond donors (Lipinski definition) is 1.